The lowest BCUT2D eigenvalue weighted by atomic mass is 9.94. The Morgan fingerprint density at radius 2 is 1.71 bits per heavy atom. The maximum absolute atomic E-state index is 14.3. The molecule has 4 heteroatoms. The number of benzene rings is 2. The smallest absolute Gasteiger partial charge is 0.127 e. The first-order chi connectivity index (χ1) is 11.6. The highest BCUT2D eigenvalue weighted by Gasteiger charge is 2.23. The van der Waals surface area contributed by atoms with Crippen LogP contribution in [0, 0.1) is 5.82 Å². The lowest BCUT2D eigenvalue weighted by Crippen LogP contribution is -2.18. The summed E-state index contributed by atoms with van der Waals surface area (Å²) in [5.41, 5.74) is 9.48. The van der Waals surface area contributed by atoms with Crippen molar-refractivity contribution in [2.24, 2.45) is 5.73 Å². The molecular formula is C20H22FN3. The summed E-state index contributed by atoms with van der Waals surface area (Å²) in [6, 6.07) is 18.7. The molecule has 0 aliphatic carbocycles. The molecule has 0 bridgehead atoms. The summed E-state index contributed by atoms with van der Waals surface area (Å²) in [5, 5.41) is 4.74. The van der Waals surface area contributed by atoms with Gasteiger partial charge in [0.25, 0.3) is 0 Å². The predicted molar refractivity (Wildman–Crippen MR) is 95.0 cm³/mol. The van der Waals surface area contributed by atoms with Crippen molar-refractivity contribution in [3.63, 3.8) is 0 Å². The summed E-state index contributed by atoms with van der Waals surface area (Å²) in [6.45, 7) is 4.51. The van der Waals surface area contributed by atoms with Crippen molar-refractivity contribution in [1.82, 2.24) is 9.78 Å². The lowest BCUT2D eigenvalue weighted by molar-refractivity contribution is 0.589. The third kappa shape index (κ3) is 3.10. The molecule has 0 saturated carbocycles. The van der Waals surface area contributed by atoms with Crippen LogP contribution in [0.1, 0.15) is 42.6 Å². The van der Waals surface area contributed by atoms with Crippen LogP contribution in [0.15, 0.2) is 60.7 Å². The number of halogens is 1. The third-order valence-corrected chi connectivity index (χ3v) is 4.22. The van der Waals surface area contributed by atoms with E-state index >= 15 is 0 Å². The fourth-order valence-corrected chi connectivity index (χ4v) is 2.89. The van der Waals surface area contributed by atoms with E-state index in [1.54, 1.807) is 12.1 Å². The summed E-state index contributed by atoms with van der Waals surface area (Å²) in [7, 11) is 0. The van der Waals surface area contributed by atoms with Gasteiger partial charge in [-0.1, -0.05) is 50.2 Å². The van der Waals surface area contributed by atoms with Crippen LogP contribution in [-0.2, 0) is 0 Å². The summed E-state index contributed by atoms with van der Waals surface area (Å²) < 4.78 is 16.2. The van der Waals surface area contributed by atoms with Crippen molar-refractivity contribution in [2.45, 2.75) is 25.7 Å². The van der Waals surface area contributed by atoms with Crippen LogP contribution in [0.2, 0.25) is 0 Å². The van der Waals surface area contributed by atoms with Gasteiger partial charge in [-0.05, 0) is 35.7 Å². The zero-order valence-corrected chi connectivity index (χ0v) is 14.0. The van der Waals surface area contributed by atoms with Crippen LogP contribution in [-0.4, -0.2) is 16.3 Å². The van der Waals surface area contributed by atoms with E-state index in [1.165, 1.54) is 6.07 Å². The second-order valence-electron chi connectivity index (χ2n) is 6.21. The molecule has 3 aromatic rings. The van der Waals surface area contributed by atoms with E-state index in [0.29, 0.717) is 12.1 Å². The molecular weight excluding hydrogens is 301 g/mol. The van der Waals surface area contributed by atoms with Crippen molar-refractivity contribution < 1.29 is 4.39 Å². The number of para-hydroxylation sites is 1. The second-order valence-corrected chi connectivity index (χ2v) is 6.21. The molecule has 2 aromatic carbocycles. The molecule has 0 aliphatic heterocycles. The Hall–Kier alpha value is -2.46. The molecule has 0 spiro atoms. The molecule has 24 heavy (non-hydrogen) atoms. The van der Waals surface area contributed by atoms with Gasteiger partial charge in [-0.15, -0.1) is 0 Å². The number of aromatic nitrogens is 2. The Morgan fingerprint density at radius 3 is 2.33 bits per heavy atom. The summed E-state index contributed by atoms with van der Waals surface area (Å²) in [4.78, 5) is 0. The summed E-state index contributed by atoms with van der Waals surface area (Å²) in [6.07, 6.45) is 0. The van der Waals surface area contributed by atoms with E-state index in [2.05, 4.69) is 13.8 Å². The first-order valence-corrected chi connectivity index (χ1v) is 8.21. The quantitative estimate of drug-likeness (QED) is 0.764. The molecule has 0 fully saturated rings. The number of nitrogens with zero attached hydrogens (tertiary/aromatic N) is 2. The van der Waals surface area contributed by atoms with Crippen molar-refractivity contribution in [1.29, 1.82) is 0 Å². The van der Waals surface area contributed by atoms with Gasteiger partial charge in [0.2, 0.25) is 0 Å². The normalized spacial score (nSPS) is 12.5. The highest BCUT2D eigenvalue weighted by atomic mass is 19.1. The number of nitrogens with two attached hydrogens (primary N) is 1. The molecule has 0 radical (unpaired) electrons. The summed E-state index contributed by atoms with van der Waals surface area (Å²) in [5.74, 6) is -0.195. The molecule has 1 atom stereocenters. The zero-order valence-electron chi connectivity index (χ0n) is 14.0. The third-order valence-electron chi connectivity index (χ3n) is 4.22. The molecule has 3 rings (SSSR count). The van der Waals surface area contributed by atoms with Gasteiger partial charge in [0.1, 0.15) is 5.82 Å². The maximum Gasteiger partial charge on any atom is 0.127 e. The molecule has 3 nitrogen and oxygen atoms in total. The van der Waals surface area contributed by atoms with Gasteiger partial charge in [0.15, 0.2) is 0 Å². The van der Waals surface area contributed by atoms with Gasteiger partial charge < -0.3 is 5.73 Å². The number of hydrogen-bond acceptors (Lipinski definition) is 2. The summed E-state index contributed by atoms with van der Waals surface area (Å²) >= 11 is 0. The fraction of sp³-hybridized carbons (Fsp3) is 0.250. The largest absolute Gasteiger partial charge is 0.329 e. The van der Waals surface area contributed by atoms with Crippen molar-refractivity contribution in [3.05, 3.63) is 83.4 Å². The minimum absolute atomic E-state index is 0.236. The predicted octanol–water partition coefficient (Wildman–Crippen LogP) is 4.23. The van der Waals surface area contributed by atoms with Gasteiger partial charge in [-0.25, -0.2) is 9.07 Å². The lowest BCUT2D eigenvalue weighted by Gasteiger charge is -2.18. The Bertz CT molecular complexity index is 809. The molecule has 0 amide bonds. The van der Waals surface area contributed by atoms with Crippen LogP contribution in [0.4, 0.5) is 4.39 Å². The molecule has 1 heterocycles. The van der Waals surface area contributed by atoms with Crippen molar-refractivity contribution in [2.75, 3.05) is 6.54 Å². The van der Waals surface area contributed by atoms with Crippen molar-refractivity contribution >= 4 is 0 Å². The standard InChI is InChI=1S/C20H22FN3/c1-14(2)19-12-20(24(23-19)15-8-4-3-5-9-15)17(13-22)16-10-6-7-11-18(16)21/h3-12,14,17H,13,22H2,1-2H3. The molecule has 124 valence electrons. The Morgan fingerprint density at radius 1 is 1.04 bits per heavy atom. The Balaban J connectivity index is 2.16. The monoisotopic (exact) mass is 323 g/mol. The van der Waals surface area contributed by atoms with Gasteiger partial charge in [0.05, 0.1) is 17.1 Å². The molecule has 1 aromatic heterocycles. The zero-order chi connectivity index (χ0) is 17.1. The minimum Gasteiger partial charge on any atom is -0.329 e. The minimum atomic E-state index is -0.244. The topological polar surface area (TPSA) is 43.8 Å². The van der Waals surface area contributed by atoms with E-state index in [9.17, 15) is 4.39 Å². The van der Waals surface area contributed by atoms with E-state index in [1.807, 2.05) is 47.1 Å². The van der Waals surface area contributed by atoms with E-state index < -0.39 is 0 Å². The van der Waals surface area contributed by atoms with Crippen LogP contribution in [0.3, 0.4) is 0 Å². The van der Waals surface area contributed by atoms with E-state index in [-0.39, 0.29) is 17.7 Å². The van der Waals surface area contributed by atoms with Crippen LogP contribution in [0.5, 0.6) is 0 Å². The van der Waals surface area contributed by atoms with Crippen LogP contribution in [0.25, 0.3) is 5.69 Å². The van der Waals surface area contributed by atoms with E-state index in [0.717, 1.165) is 17.1 Å². The van der Waals surface area contributed by atoms with Gasteiger partial charge in [0, 0.05) is 12.5 Å². The van der Waals surface area contributed by atoms with Crippen LogP contribution < -0.4 is 5.73 Å². The van der Waals surface area contributed by atoms with Crippen molar-refractivity contribution in [3.8, 4) is 5.69 Å². The Kier molecular flexibility index (Phi) is 4.76. The first kappa shape index (κ1) is 16.4. The fourth-order valence-electron chi connectivity index (χ4n) is 2.89. The molecule has 0 aliphatic rings. The maximum atomic E-state index is 14.3. The molecule has 1 unspecified atom stereocenters. The first-order valence-electron chi connectivity index (χ1n) is 8.21. The second kappa shape index (κ2) is 6.97. The van der Waals surface area contributed by atoms with E-state index in [4.69, 9.17) is 10.8 Å². The Labute approximate surface area is 141 Å². The highest BCUT2D eigenvalue weighted by molar-refractivity contribution is 5.39. The van der Waals surface area contributed by atoms with Crippen LogP contribution >= 0.6 is 0 Å². The molecule has 2 N–H and O–H groups in total. The average molecular weight is 323 g/mol. The number of rotatable bonds is 5. The molecule has 0 saturated heterocycles. The highest BCUT2D eigenvalue weighted by Crippen LogP contribution is 2.30. The SMILES string of the molecule is CC(C)c1cc(C(CN)c2ccccc2F)n(-c2ccccc2)n1. The van der Waals surface area contributed by atoms with Gasteiger partial charge >= 0.3 is 0 Å². The average Bonchev–Trinajstić information content (AvgIpc) is 3.03. The van der Waals surface area contributed by atoms with Gasteiger partial charge in [-0.3, -0.25) is 0 Å². The number of hydrogen-bond donors (Lipinski definition) is 1. The van der Waals surface area contributed by atoms with Gasteiger partial charge in [-0.2, -0.15) is 5.10 Å².